The molecule has 2 aromatic rings. The van der Waals surface area contributed by atoms with Gasteiger partial charge in [-0.25, -0.2) is 0 Å². The molecule has 2 atom stereocenters. The third-order valence-corrected chi connectivity index (χ3v) is 4.53. The number of hydrogen-bond donors (Lipinski definition) is 2. The van der Waals surface area contributed by atoms with Gasteiger partial charge in [-0.05, 0) is 24.0 Å². The normalized spacial score (nSPS) is 19.4. The number of amides is 1. The van der Waals surface area contributed by atoms with Crippen molar-refractivity contribution in [3.63, 3.8) is 0 Å². The van der Waals surface area contributed by atoms with Crippen LogP contribution in [0.5, 0.6) is 0 Å². The highest BCUT2D eigenvalue weighted by Gasteiger charge is 2.45. The Kier molecular flexibility index (Phi) is 4.28. The van der Waals surface area contributed by atoms with Crippen molar-refractivity contribution >= 4 is 40.9 Å². The Morgan fingerprint density at radius 3 is 2.87 bits per heavy atom. The Hall–Kier alpha value is -2.05. The number of anilines is 1. The van der Waals surface area contributed by atoms with Crippen LogP contribution in [0, 0.1) is 5.92 Å². The van der Waals surface area contributed by atoms with Crippen LogP contribution in [0.4, 0.5) is 5.82 Å². The van der Waals surface area contributed by atoms with E-state index < -0.39 is 5.97 Å². The van der Waals surface area contributed by atoms with E-state index in [-0.39, 0.29) is 24.3 Å². The molecule has 6 nitrogen and oxygen atoms in total. The summed E-state index contributed by atoms with van der Waals surface area (Å²) in [4.78, 5) is 22.8. The van der Waals surface area contributed by atoms with E-state index in [1.54, 1.807) is 12.1 Å². The van der Waals surface area contributed by atoms with Crippen LogP contribution in [0.15, 0.2) is 30.5 Å². The highest BCUT2D eigenvalue weighted by atomic mass is 35.5. The van der Waals surface area contributed by atoms with Crippen molar-refractivity contribution < 1.29 is 14.7 Å². The summed E-state index contributed by atoms with van der Waals surface area (Å²) in [5, 5.41) is 16.3. The molecule has 1 amide bonds. The number of halogens is 2. The first-order valence-corrected chi connectivity index (χ1v) is 7.71. The van der Waals surface area contributed by atoms with Crippen molar-refractivity contribution in [1.82, 2.24) is 9.78 Å². The highest BCUT2D eigenvalue weighted by molar-refractivity contribution is 6.42. The Balaban J connectivity index is 1.63. The maximum absolute atomic E-state index is 12.2. The quantitative estimate of drug-likeness (QED) is 0.865. The molecule has 8 heteroatoms. The number of aromatic nitrogens is 2. The minimum atomic E-state index is -0.996. The fourth-order valence-electron chi connectivity index (χ4n) is 2.51. The standard InChI is InChI=1S/C15H13Cl2N3O3/c16-11-3-1-2-8(14(11)17)9-6-10(9)15(23)18-12-4-5-20(19-12)7-13(21)22/h1-5,9-10H,6-7H2,(H,21,22)(H,18,19,23). The van der Waals surface area contributed by atoms with Crippen LogP contribution in [0.25, 0.3) is 0 Å². The average molecular weight is 354 g/mol. The molecule has 1 aromatic heterocycles. The lowest BCUT2D eigenvalue weighted by molar-refractivity contribution is -0.137. The molecule has 1 aliphatic rings. The zero-order valence-electron chi connectivity index (χ0n) is 11.9. The number of aliphatic carboxylic acids is 1. The molecule has 120 valence electrons. The van der Waals surface area contributed by atoms with E-state index in [4.69, 9.17) is 28.3 Å². The maximum atomic E-state index is 12.2. The first-order valence-electron chi connectivity index (χ1n) is 6.95. The third kappa shape index (κ3) is 3.48. The summed E-state index contributed by atoms with van der Waals surface area (Å²) in [5.74, 6) is -0.965. The van der Waals surface area contributed by atoms with Gasteiger partial charge in [0.15, 0.2) is 5.82 Å². The van der Waals surface area contributed by atoms with Gasteiger partial charge >= 0.3 is 5.97 Å². The molecule has 2 N–H and O–H groups in total. The van der Waals surface area contributed by atoms with Gasteiger partial charge in [-0.3, -0.25) is 14.3 Å². The molecule has 0 radical (unpaired) electrons. The van der Waals surface area contributed by atoms with Crippen LogP contribution in [-0.4, -0.2) is 26.8 Å². The summed E-state index contributed by atoms with van der Waals surface area (Å²) >= 11 is 12.2. The summed E-state index contributed by atoms with van der Waals surface area (Å²) < 4.78 is 1.25. The zero-order chi connectivity index (χ0) is 16.6. The number of nitrogens with one attached hydrogen (secondary N) is 1. The summed E-state index contributed by atoms with van der Waals surface area (Å²) in [6, 6.07) is 6.95. The van der Waals surface area contributed by atoms with Gasteiger partial charge in [-0.1, -0.05) is 35.3 Å². The molecule has 0 spiro atoms. The van der Waals surface area contributed by atoms with Gasteiger partial charge in [-0.2, -0.15) is 5.10 Å². The van der Waals surface area contributed by atoms with E-state index in [1.807, 2.05) is 12.1 Å². The zero-order valence-corrected chi connectivity index (χ0v) is 13.4. The van der Waals surface area contributed by atoms with Crippen LogP contribution >= 0.6 is 23.2 Å². The first kappa shape index (κ1) is 15.8. The number of carboxylic acids is 1. The van der Waals surface area contributed by atoms with Gasteiger partial charge in [0.25, 0.3) is 0 Å². The molecule has 0 aliphatic heterocycles. The van der Waals surface area contributed by atoms with E-state index in [9.17, 15) is 9.59 Å². The van der Waals surface area contributed by atoms with Crippen LogP contribution < -0.4 is 5.32 Å². The number of hydrogen-bond acceptors (Lipinski definition) is 3. The number of nitrogens with zero attached hydrogens (tertiary/aromatic N) is 2. The van der Waals surface area contributed by atoms with Crippen molar-refractivity contribution in [3.05, 3.63) is 46.1 Å². The number of benzene rings is 1. The average Bonchev–Trinajstić information content (AvgIpc) is 3.17. The predicted octanol–water partition coefficient (Wildman–Crippen LogP) is 3.02. The monoisotopic (exact) mass is 353 g/mol. The Morgan fingerprint density at radius 2 is 2.13 bits per heavy atom. The van der Waals surface area contributed by atoms with E-state index >= 15 is 0 Å². The van der Waals surface area contributed by atoms with E-state index in [1.165, 1.54) is 10.9 Å². The minimum absolute atomic E-state index is 0.0438. The highest BCUT2D eigenvalue weighted by Crippen LogP contribution is 2.51. The summed E-state index contributed by atoms with van der Waals surface area (Å²) in [5.41, 5.74) is 0.871. The van der Waals surface area contributed by atoms with Crippen molar-refractivity contribution in [2.24, 2.45) is 5.92 Å². The molecule has 2 unspecified atom stereocenters. The molecule has 0 bridgehead atoms. The van der Waals surface area contributed by atoms with Gasteiger partial charge in [0, 0.05) is 18.2 Å². The van der Waals surface area contributed by atoms with Crippen molar-refractivity contribution in [2.45, 2.75) is 18.9 Å². The molecular weight excluding hydrogens is 341 g/mol. The minimum Gasteiger partial charge on any atom is -0.480 e. The smallest absolute Gasteiger partial charge is 0.325 e. The Bertz CT molecular complexity index is 775. The fraction of sp³-hybridized carbons (Fsp3) is 0.267. The summed E-state index contributed by atoms with van der Waals surface area (Å²) in [7, 11) is 0. The molecule has 1 fully saturated rings. The van der Waals surface area contributed by atoms with Gasteiger partial charge in [0.2, 0.25) is 5.91 Å². The van der Waals surface area contributed by atoms with Gasteiger partial charge < -0.3 is 10.4 Å². The Labute approximate surface area is 142 Å². The molecule has 23 heavy (non-hydrogen) atoms. The van der Waals surface area contributed by atoms with Crippen molar-refractivity contribution in [2.75, 3.05) is 5.32 Å². The molecule has 3 rings (SSSR count). The molecule has 1 heterocycles. The largest absolute Gasteiger partial charge is 0.480 e. The lowest BCUT2D eigenvalue weighted by atomic mass is 10.1. The SMILES string of the molecule is O=C(O)Cn1ccc(NC(=O)C2CC2c2cccc(Cl)c2Cl)n1. The molecule has 1 saturated carbocycles. The molecule has 1 aromatic carbocycles. The van der Waals surface area contributed by atoms with E-state index in [0.717, 1.165) is 5.56 Å². The van der Waals surface area contributed by atoms with Gasteiger partial charge in [0.1, 0.15) is 6.54 Å². The van der Waals surface area contributed by atoms with E-state index in [0.29, 0.717) is 22.3 Å². The van der Waals surface area contributed by atoms with Crippen LogP contribution in [0.1, 0.15) is 17.9 Å². The maximum Gasteiger partial charge on any atom is 0.325 e. The molecule has 1 aliphatic carbocycles. The third-order valence-electron chi connectivity index (χ3n) is 3.70. The van der Waals surface area contributed by atoms with Crippen LogP contribution in [-0.2, 0) is 16.1 Å². The molecular formula is C15H13Cl2N3O3. The lowest BCUT2D eigenvalue weighted by Crippen LogP contribution is -2.16. The second kappa shape index (κ2) is 6.22. The second-order valence-electron chi connectivity index (χ2n) is 5.37. The van der Waals surface area contributed by atoms with Gasteiger partial charge in [-0.15, -0.1) is 0 Å². The lowest BCUT2D eigenvalue weighted by Gasteiger charge is -2.05. The van der Waals surface area contributed by atoms with E-state index in [2.05, 4.69) is 10.4 Å². The van der Waals surface area contributed by atoms with Crippen LogP contribution in [0.3, 0.4) is 0 Å². The summed E-state index contributed by atoms with van der Waals surface area (Å²) in [6.07, 6.45) is 2.20. The fourth-order valence-corrected chi connectivity index (χ4v) is 2.96. The topological polar surface area (TPSA) is 84.2 Å². The number of carbonyl (C=O) groups excluding carboxylic acids is 1. The number of carboxylic acid groups (broad SMARTS) is 1. The Morgan fingerprint density at radius 1 is 1.35 bits per heavy atom. The van der Waals surface area contributed by atoms with Crippen LogP contribution in [0.2, 0.25) is 10.0 Å². The summed E-state index contributed by atoms with van der Waals surface area (Å²) in [6.45, 7) is -0.250. The van der Waals surface area contributed by atoms with Crippen molar-refractivity contribution in [1.29, 1.82) is 0 Å². The number of carbonyl (C=O) groups is 2. The predicted molar refractivity (Wildman–Crippen MR) is 85.8 cm³/mol. The molecule has 0 saturated heterocycles. The van der Waals surface area contributed by atoms with Gasteiger partial charge in [0.05, 0.1) is 10.0 Å². The second-order valence-corrected chi connectivity index (χ2v) is 6.16. The first-order chi connectivity index (χ1) is 11.0. The van der Waals surface area contributed by atoms with Crippen molar-refractivity contribution in [3.8, 4) is 0 Å². The number of rotatable bonds is 5.